The van der Waals surface area contributed by atoms with Crippen LogP contribution in [0.1, 0.15) is 5.82 Å². The number of aromatic nitrogens is 2. The number of alkyl halides is 2. The van der Waals surface area contributed by atoms with E-state index in [4.69, 9.17) is 0 Å². The van der Waals surface area contributed by atoms with Gasteiger partial charge in [-0.15, -0.1) is 11.3 Å². The predicted molar refractivity (Wildman–Crippen MR) is 92.1 cm³/mol. The SMILES string of the molecule is CN(Cc1nc2ccsc2c(=O)[nH]1)c1ccc([N+](=O)[O-])c(OC(F)F)c1. The first-order valence-electron chi connectivity index (χ1n) is 7.26. The number of fused-ring (bicyclic) bond motifs is 1. The number of nitro groups is 1. The number of nitro benzene ring substituents is 1. The lowest BCUT2D eigenvalue weighted by Gasteiger charge is -2.19. The number of anilines is 1. The molecule has 3 rings (SSSR count). The highest BCUT2D eigenvalue weighted by Gasteiger charge is 2.20. The second-order valence-corrected chi connectivity index (χ2v) is 6.21. The lowest BCUT2D eigenvalue weighted by Crippen LogP contribution is -2.21. The summed E-state index contributed by atoms with van der Waals surface area (Å²) in [5.41, 5.74) is 0.124. The van der Waals surface area contributed by atoms with Crippen molar-refractivity contribution in [2.45, 2.75) is 13.2 Å². The van der Waals surface area contributed by atoms with Crippen LogP contribution in [0.15, 0.2) is 34.4 Å². The van der Waals surface area contributed by atoms with Gasteiger partial charge in [0, 0.05) is 24.9 Å². The summed E-state index contributed by atoms with van der Waals surface area (Å²) in [6.45, 7) is -3.03. The van der Waals surface area contributed by atoms with Crippen molar-refractivity contribution in [3.05, 3.63) is 55.9 Å². The summed E-state index contributed by atoms with van der Waals surface area (Å²) in [6, 6.07) is 5.35. The minimum absolute atomic E-state index is 0.160. The van der Waals surface area contributed by atoms with Gasteiger partial charge in [0.2, 0.25) is 5.75 Å². The van der Waals surface area contributed by atoms with Gasteiger partial charge in [0.15, 0.2) is 0 Å². The van der Waals surface area contributed by atoms with E-state index in [1.807, 2.05) is 0 Å². The second kappa shape index (κ2) is 7.04. The molecule has 0 fully saturated rings. The first-order valence-corrected chi connectivity index (χ1v) is 8.14. The molecular formula is C15H12F2N4O4S. The van der Waals surface area contributed by atoms with Gasteiger partial charge in [-0.25, -0.2) is 4.98 Å². The van der Waals surface area contributed by atoms with Crippen LogP contribution in [-0.4, -0.2) is 28.6 Å². The van der Waals surface area contributed by atoms with Crippen LogP contribution < -0.4 is 15.2 Å². The van der Waals surface area contributed by atoms with Crippen molar-refractivity contribution in [2.24, 2.45) is 0 Å². The maximum atomic E-state index is 12.5. The van der Waals surface area contributed by atoms with E-state index in [-0.39, 0.29) is 12.1 Å². The normalized spacial score (nSPS) is 11.1. The molecule has 8 nitrogen and oxygen atoms in total. The average molecular weight is 382 g/mol. The monoisotopic (exact) mass is 382 g/mol. The van der Waals surface area contributed by atoms with E-state index in [0.29, 0.717) is 21.7 Å². The van der Waals surface area contributed by atoms with Gasteiger partial charge in [0.1, 0.15) is 10.5 Å². The number of halogens is 2. The maximum absolute atomic E-state index is 12.5. The molecule has 2 heterocycles. The Balaban J connectivity index is 1.89. The topological polar surface area (TPSA) is 101 Å². The van der Waals surface area contributed by atoms with Crippen molar-refractivity contribution in [2.75, 3.05) is 11.9 Å². The summed E-state index contributed by atoms with van der Waals surface area (Å²) in [5, 5.41) is 12.7. The quantitative estimate of drug-likeness (QED) is 0.519. The minimum Gasteiger partial charge on any atom is -0.427 e. The molecule has 0 unspecified atom stereocenters. The molecule has 2 aromatic heterocycles. The summed E-state index contributed by atoms with van der Waals surface area (Å²) in [7, 11) is 1.63. The summed E-state index contributed by atoms with van der Waals surface area (Å²) < 4.78 is 29.8. The van der Waals surface area contributed by atoms with Gasteiger partial charge in [0.05, 0.1) is 17.0 Å². The van der Waals surface area contributed by atoms with Gasteiger partial charge in [0.25, 0.3) is 5.56 Å². The number of nitrogens with zero attached hydrogens (tertiary/aromatic N) is 3. The van der Waals surface area contributed by atoms with E-state index in [1.54, 1.807) is 23.4 Å². The lowest BCUT2D eigenvalue weighted by molar-refractivity contribution is -0.386. The van der Waals surface area contributed by atoms with Crippen LogP contribution >= 0.6 is 11.3 Å². The molecule has 0 bridgehead atoms. The van der Waals surface area contributed by atoms with Crippen molar-refractivity contribution in [1.82, 2.24) is 9.97 Å². The van der Waals surface area contributed by atoms with Crippen LogP contribution in [0.3, 0.4) is 0 Å². The largest absolute Gasteiger partial charge is 0.427 e. The molecule has 26 heavy (non-hydrogen) atoms. The van der Waals surface area contributed by atoms with Gasteiger partial charge in [-0.2, -0.15) is 8.78 Å². The molecule has 11 heteroatoms. The zero-order valence-electron chi connectivity index (χ0n) is 13.3. The molecule has 0 spiro atoms. The minimum atomic E-state index is -3.19. The van der Waals surface area contributed by atoms with Crippen LogP contribution in [0.4, 0.5) is 20.2 Å². The number of thiophene rings is 1. The van der Waals surface area contributed by atoms with Crippen molar-refractivity contribution < 1.29 is 18.4 Å². The van der Waals surface area contributed by atoms with Crippen LogP contribution in [0.25, 0.3) is 10.2 Å². The number of hydrogen-bond acceptors (Lipinski definition) is 7. The maximum Gasteiger partial charge on any atom is 0.387 e. The van der Waals surface area contributed by atoms with E-state index in [0.717, 1.165) is 12.1 Å². The molecule has 136 valence electrons. The fourth-order valence-corrected chi connectivity index (χ4v) is 3.12. The Hall–Kier alpha value is -3.08. The number of aromatic amines is 1. The Morgan fingerprint density at radius 1 is 1.42 bits per heavy atom. The summed E-state index contributed by atoms with van der Waals surface area (Å²) in [6.07, 6.45) is 0. The summed E-state index contributed by atoms with van der Waals surface area (Å²) >= 11 is 1.28. The fourth-order valence-electron chi connectivity index (χ4n) is 2.39. The Labute approximate surface area is 148 Å². The molecule has 0 aliphatic rings. The molecule has 1 N–H and O–H groups in total. The van der Waals surface area contributed by atoms with Crippen LogP contribution in [0, 0.1) is 10.1 Å². The third-order valence-electron chi connectivity index (χ3n) is 3.55. The smallest absolute Gasteiger partial charge is 0.387 e. The van der Waals surface area contributed by atoms with Gasteiger partial charge >= 0.3 is 12.3 Å². The summed E-state index contributed by atoms with van der Waals surface area (Å²) in [4.78, 5) is 30.7. The lowest BCUT2D eigenvalue weighted by atomic mass is 10.2. The number of rotatable bonds is 6. The molecule has 0 aliphatic heterocycles. The zero-order chi connectivity index (χ0) is 18.8. The van der Waals surface area contributed by atoms with E-state index in [9.17, 15) is 23.7 Å². The highest BCUT2D eigenvalue weighted by Crippen LogP contribution is 2.32. The van der Waals surface area contributed by atoms with Crippen LogP contribution in [0.5, 0.6) is 5.75 Å². The standard InChI is InChI=1S/C15H12F2N4O4S/c1-20(7-12-18-9-4-5-26-13(9)14(22)19-12)8-2-3-10(21(23)24)11(6-8)25-15(16)17/h2-6,15H,7H2,1H3,(H,18,19,22). The Morgan fingerprint density at radius 2 is 2.19 bits per heavy atom. The van der Waals surface area contributed by atoms with Crippen LogP contribution in [-0.2, 0) is 6.54 Å². The molecule has 1 aromatic carbocycles. The Bertz CT molecular complexity index is 1020. The molecule has 0 amide bonds. The third kappa shape index (κ3) is 3.61. The molecule has 0 radical (unpaired) electrons. The number of ether oxygens (including phenoxy) is 1. The van der Waals surface area contributed by atoms with Crippen molar-refractivity contribution in [1.29, 1.82) is 0 Å². The highest BCUT2D eigenvalue weighted by atomic mass is 32.1. The Kier molecular flexibility index (Phi) is 4.80. The molecule has 0 saturated carbocycles. The van der Waals surface area contributed by atoms with E-state index < -0.39 is 23.0 Å². The van der Waals surface area contributed by atoms with E-state index in [2.05, 4.69) is 14.7 Å². The first-order chi connectivity index (χ1) is 12.3. The molecular weight excluding hydrogens is 370 g/mol. The number of nitrogens with one attached hydrogen (secondary N) is 1. The molecule has 0 atom stereocenters. The van der Waals surface area contributed by atoms with Crippen molar-refractivity contribution in [3.63, 3.8) is 0 Å². The number of hydrogen-bond donors (Lipinski definition) is 1. The van der Waals surface area contributed by atoms with Gasteiger partial charge in [-0.3, -0.25) is 14.9 Å². The second-order valence-electron chi connectivity index (χ2n) is 5.29. The van der Waals surface area contributed by atoms with Gasteiger partial charge in [-0.05, 0) is 17.5 Å². The van der Waals surface area contributed by atoms with Crippen LogP contribution in [0.2, 0.25) is 0 Å². The van der Waals surface area contributed by atoms with E-state index in [1.165, 1.54) is 17.4 Å². The summed E-state index contributed by atoms with van der Waals surface area (Å²) in [5.74, 6) is -0.165. The van der Waals surface area contributed by atoms with E-state index >= 15 is 0 Å². The average Bonchev–Trinajstić information content (AvgIpc) is 3.03. The Morgan fingerprint density at radius 3 is 2.88 bits per heavy atom. The molecule has 0 saturated heterocycles. The molecule has 3 aromatic rings. The first kappa shape index (κ1) is 17.7. The highest BCUT2D eigenvalue weighted by molar-refractivity contribution is 7.17. The zero-order valence-corrected chi connectivity index (χ0v) is 14.1. The fraction of sp³-hybridized carbons (Fsp3) is 0.200. The molecule has 0 aliphatic carbocycles. The number of benzene rings is 1. The number of H-pyrrole nitrogens is 1. The predicted octanol–water partition coefficient (Wildman–Crippen LogP) is 3.13. The van der Waals surface area contributed by atoms with Gasteiger partial charge in [-0.1, -0.05) is 0 Å². The van der Waals surface area contributed by atoms with Crippen molar-refractivity contribution in [3.8, 4) is 5.75 Å². The third-order valence-corrected chi connectivity index (χ3v) is 4.45. The van der Waals surface area contributed by atoms with Crippen molar-refractivity contribution >= 4 is 32.9 Å². The van der Waals surface area contributed by atoms with Gasteiger partial charge < -0.3 is 14.6 Å².